The van der Waals surface area contributed by atoms with Crippen LogP contribution in [0.15, 0.2) is 0 Å². The van der Waals surface area contributed by atoms with E-state index < -0.39 is 43.9 Å². The zero-order valence-corrected chi connectivity index (χ0v) is 12.0. The SMILES string of the molecule is C1CCCCC1.CC(CO)(CO)C(CO)(CO)CO. The number of hydrogen-bond donors (Lipinski definition) is 5. The molecular formula is C14H30O5. The third-order valence-electron chi connectivity index (χ3n) is 4.39. The molecular weight excluding hydrogens is 248 g/mol. The van der Waals surface area contributed by atoms with Crippen LogP contribution in [0.4, 0.5) is 0 Å². The Balaban J connectivity index is 0.000000443. The molecule has 0 aromatic carbocycles. The molecule has 0 aromatic heterocycles. The van der Waals surface area contributed by atoms with Gasteiger partial charge >= 0.3 is 0 Å². The number of aliphatic hydroxyl groups excluding tert-OH is 5. The van der Waals surface area contributed by atoms with Crippen molar-refractivity contribution in [3.8, 4) is 0 Å². The van der Waals surface area contributed by atoms with Crippen LogP contribution < -0.4 is 0 Å². The van der Waals surface area contributed by atoms with E-state index in [0.717, 1.165) is 0 Å². The summed E-state index contributed by atoms with van der Waals surface area (Å²) in [5.74, 6) is 0. The second-order valence-corrected chi connectivity index (χ2v) is 5.75. The summed E-state index contributed by atoms with van der Waals surface area (Å²) in [5, 5.41) is 45.1. The highest BCUT2D eigenvalue weighted by atomic mass is 16.3. The molecule has 0 atom stereocenters. The van der Waals surface area contributed by atoms with Gasteiger partial charge in [-0.25, -0.2) is 0 Å². The summed E-state index contributed by atoms with van der Waals surface area (Å²) in [6.45, 7) is -0.793. The predicted molar refractivity (Wildman–Crippen MR) is 73.7 cm³/mol. The van der Waals surface area contributed by atoms with Crippen molar-refractivity contribution < 1.29 is 25.5 Å². The molecule has 1 fully saturated rings. The maximum absolute atomic E-state index is 9.03. The third-order valence-corrected chi connectivity index (χ3v) is 4.39. The Bertz CT molecular complexity index is 188. The highest BCUT2D eigenvalue weighted by molar-refractivity contribution is 4.94. The van der Waals surface area contributed by atoms with Crippen molar-refractivity contribution in [3.63, 3.8) is 0 Å². The van der Waals surface area contributed by atoms with Gasteiger partial charge in [0.25, 0.3) is 0 Å². The van der Waals surface area contributed by atoms with Crippen molar-refractivity contribution in [3.05, 3.63) is 0 Å². The quantitative estimate of drug-likeness (QED) is 0.480. The lowest BCUT2D eigenvalue weighted by atomic mass is 9.66. The van der Waals surface area contributed by atoms with Crippen LogP contribution in [0.2, 0.25) is 0 Å². The van der Waals surface area contributed by atoms with Crippen LogP contribution in [0.25, 0.3) is 0 Å². The van der Waals surface area contributed by atoms with Crippen molar-refractivity contribution in [1.29, 1.82) is 0 Å². The maximum Gasteiger partial charge on any atom is 0.0538 e. The standard InChI is InChI=1S/C8H18O5.C6H12/c1-7(2-9,3-10)8(4-11,5-12)6-13;1-2-4-6-5-3-1/h9-13H,2-6H2,1H3;1-6H2. The van der Waals surface area contributed by atoms with Gasteiger partial charge in [-0.15, -0.1) is 0 Å². The highest BCUT2D eigenvalue weighted by Gasteiger charge is 2.46. The normalized spacial score (nSPS) is 16.7. The Morgan fingerprint density at radius 2 is 0.842 bits per heavy atom. The molecule has 19 heavy (non-hydrogen) atoms. The van der Waals surface area contributed by atoms with Crippen LogP contribution in [-0.4, -0.2) is 58.6 Å². The van der Waals surface area contributed by atoms with Crippen molar-refractivity contribution >= 4 is 0 Å². The minimum absolute atomic E-state index is 0.412. The smallest absolute Gasteiger partial charge is 0.0538 e. The monoisotopic (exact) mass is 278 g/mol. The summed E-state index contributed by atoms with van der Waals surface area (Å²) in [6, 6.07) is 0. The second-order valence-electron chi connectivity index (χ2n) is 5.75. The zero-order valence-electron chi connectivity index (χ0n) is 12.0. The Morgan fingerprint density at radius 1 is 0.579 bits per heavy atom. The number of aliphatic hydroxyl groups is 5. The van der Waals surface area contributed by atoms with Gasteiger partial charge in [-0.05, 0) is 0 Å². The second kappa shape index (κ2) is 9.66. The Hall–Kier alpha value is -0.200. The third kappa shape index (κ3) is 5.00. The van der Waals surface area contributed by atoms with Crippen LogP contribution >= 0.6 is 0 Å². The van der Waals surface area contributed by atoms with Crippen molar-refractivity contribution in [2.24, 2.45) is 10.8 Å². The van der Waals surface area contributed by atoms with E-state index in [1.54, 1.807) is 0 Å². The largest absolute Gasteiger partial charge is 0.396 e. The van der Waals surface area contributed by atoms with Crippen LogP contribution in [0.3, 0.4) is 0 Å². The summed E-state index contributed by atoms with van der Waals surface area (Å²) in [5.41, 5.74) is -2.35. The molecule has 5 N–H and O–H groups in total. The average Bonchev–Trinajstić information content (AvgIpc) is 2.51. The Kier molecular flexibility index (Phi) is 9.56. The van der Waals surface area contributed by atoms with Gasteiger partial charge in [0.1, 0.15) is 0 Å². The summed E-state index contributed by atoms with van der Waals surface area (Å²) < 4.78 is 0. The molecule has 0 unspecified atom stereocenters. The predicted octanol–water partition coefficient (Wildman–Crippen LogP) is 0.281. The molecule has 0 amide bonds. The van der Waals surface area contributed by atoms with E-state index in [9.17, 15) is 0 Å². The molecule has 116 valence electrons. The van der Waals surface area contributed by atoms with Gasteiger partial charge < -0.3 is 25.5 Å². The van der Waals surface area contributed by atoms with Crippen LogP contribution in [0, 0.1) is 10.8 Å². The molecule has 0 bridgehead atoms. The molecule has 0 heterocycles. The fraction of sp³-hybridized carbons (Fsp3) is 1.00. The molecule has 1 rings (SSSR count). The van der Waals surface area contributed by atoms with E-state index in [2.05, 4.69) is 0 Å². The van der Waals surface area contributed by atoms with Gasteiger partial charge in [-0.3, -0.25) is 0 Å². The zero-order chi connectivity index (χ0) is 14.8. The number of rotatable bonds is 6. The Labute approximate surface area is 115 Å². The molecule has 0 aromatic rings. The van der Waals surface area contributed by atoms with E-state index in [0.29, 0.717) is 0 Å². The van der Waals surface area contributed by atoms with Gasteiger partial charge in [0.2, 0.25) is 0 Å². The van der Waals surface area contributed by atoms with Crippen LogP contribution in [0.5, 0.6) is 0 Å². The first-order valence-electron chi connectivity index (χ1n) is 7.10. The molecule has 0 spiro atoms. The topological polar surface area (TPSA) is 101 Å². The minimum Gasteiger partial charge on any atom is -0.396 e. The lowest BCUT2D eigenvalue weighted by Crippen LogP contribution is -2.52. The van der Waals surface area contributed by atoms with Crippen molar-refractivity contribution in [1.82, 2.24) is 0 Å². The first kappa shape index (κ1) is 18.8. The van der Waals surface area contributed by atoms with Gasteiger partial charge in [0, 0.05) is 10.8 Å². The van der Waals surface area contributed by atoms with Gasteiger partial charge in [0.05, 0.1) is 33.0 Å². The average molecular weight is 278 g/mol. The van der Waals surface area contributed by atoms with Crippen molar-refractivity contribution in [2.45, 2.75) is 45.4 Å². The van der Waals surface area contributed by atoms with E-state index in [1.807, 2.05) is 0 Å². The summed E-state index contributed by atoms with van der Waals surface area (Å²) >= 11 is 0. The minimum atomic E-state index is -1.25. The first-order chi connectivity index (χ1) is 9.05. The maximum atomic E-state index is 9.03. The molecule has 1 saturated carbocycles. The number of hydrogen-bond acceptors (Lipinski definition) is 5. The fourth-order valence-corrected chi connectivity index (χ4v) is 2.17. The fourth-order valence-electron chi connectivity index (χ4n) is 2.17. The summed E-state index contributed by atoms with van der Waals surface area (Å²) in [4.78, 5) is 0. The molecule has 5 nitrogen and oxygen atoms in total. The first-order valence-corrected chi connectivity index (χ1v) is 7.10. The van der Waals surface area contributed by atoms with Gasteiger partial charge in [-0.2, -0.15) is 0 Å². The van der Waals surface area contributed by atoms with E-state index in [4.69, 9.17) is 25.5 Å². The van der Waals surface area contributed by atoms with Crippen molar-refractivity contribution in [2.75, 3.05) is 33.0 Å². The van der Waals surface area contributed by atoms with Crippen LogP contribution in [-0.2, 0) is 0 Å². The van der Waals surface area contributed by atoms with E-state index in [1.165, 1.54) is 45.4 Å². The summed E-state index contributed by atoms with van der Waals surface area (Å²) in [6.07, 6.45) is 9.00. The lowest BCUT2D eigenvalue weighted by molar-refractivity contribution is -0.126. The molecule has 5 heteroatoms. The van der Waals surface area contributed by atoms with E-state index in [-0.39, 0.29) is 0 Å². The van der Waals surface area contributed by atoms with Gasteiger partial charge in [-0.1, -0.05) is 45.4 Å². The molecule has 0 radical (unpaired) electrons. The highest BCUT2D eigenvalue weighted by Crippen LogP contribution is 2.37. The molecule has 0 saturated heterocycles. The summed E-state index contributed by atoms with van der Waals surface area (Å²) in [7, 11) is 0. The van der Waals surface area contributed by atoms with Gasteiger partial charge in [0.15, 0.2) is 0 Å². The Morgan fingerprint density at radius 3 is 0.947 bits per heavy atom. The lowest BCUT2D eigenvalue weighted by Gasteiger charge is -2.43. The van der Waals surface area contributed by atoms with E-state index >= 15 is 0 Å². The molecule has 1 aliphatic carbocycles. The molecule has 0 aliphatic heterocycles. The van der Waals surface area contributed by atoms with Crippen LogP contribution in [0.1, 0.15) is 45.4 Å². The molecule has 1 aliphatic rings.